The number of quaternary nitrogens is 1. The zero-order chi connectivity index (χ0) is 20.8. The Labute approximate surface area is 176 Å². The summed E-state index contributed by atoms with van der Waals surface area (Å²) in [4.78, 5) is 0. The maximum atomic E-state index is 9.39. The highest BCUT2D eigenvalue weighted by molar-refractivity contribution is 4.81. The fourth-order valence-corrected chi connectivity index (χ4v) is 4.26. The third kappa shape index (κ3) is 16.6. The first-order valence-electron chi connectivity index (χ1n) is 12.5. The fraction of sp³-hybridized carbons (Fsp3) is 0.920. The Morgan fingerprint density at radius 3 is 1.43 bits per heavy atom. The lowest BCUT2D eigenvalue weighted by molar-refractivity contribution is -0.929. The molecule has 28 heavy (non-hydrogen) atoms. The molecule has 0 aromatic rings. The molecule has 0 aliphatic carbocycles. The topological polar surface area (TPSA) is 40.5 Å². The summed E-state index contributed by atoms with van der Waals surface area (Å²) in [6.45, 7) is 8.70. The minimum Gasteiger partial charge on any atom is -0.391 e. The lowest BCUT2D eigenvalue weighted by atomic mass is 10.1. The van der Waals surface area contributed by atoms with E-state index in [0.29, 0.717) is 0 Å². The third-order valence-electron chi connectivity index (χ3n) is 5.99. The molecule has 2 N–H and O–H groups in total. The molecule has 3 heteroatoms. The number of rotatable bonds is 22. The number of hydrogen-bond donors (Lipinski definition) is 2. The van der Waals surface area contributed by atoms with E-state index in [4.69, 9.17) is 0 Å². The van der Waals surface area contributed by atoms with Crippen LogP contribution in [-0.2, 0) is 0 Å². The Morgan fingerprint density at radius 1 is 0.500 bits per heavy atom. The molecule has 0 bridgehead atoms. The van der Waals surface area contributed by atoms with Crippen LogP contribution >= 0.6 is 0 Å². The Kier molecular flexibility index (Phi) is 21.0. The summed E-state index contributed by atoms with van der Waals surface area (Å²) >= 11 is 0. The Morgan fingerprint density at radius 2 is 0.964 bits per heavy atom. The van der Waals surface area contributed by atoms with Crippen LogP contribution in [0.15, 0.2) is 12.2 Å². The zero-order valence-electron chi connectivity index (χ0n) is 19.3. The van der Waals surface area contributed by atoms with Gasteiger partial charge in [-0.25, -0.2) is 0 Å². The standard InChI is InChI=1S/C25H52NO2/c1-3-5-6-7-8-9-10-11-12-13-14-15-16-17-18-19-21-26(20-4-2,22-24-27)23-25-28/h11-12,27-28H,3-10,13-25H2,1-2H3/q+1/b12-11-. The van der Waals surface area contributed by atoms with Crippen molar-refractivity contribution in [2.24, 2.45) is 0 Å². The number of nitrogens with zero attached hydrogens (tertiary/aromatic N) is 1. The first kappa shape index (κ1) is 27.6. The van der Waals surface area contributed by atoms with Gasteiger partial charge in [0.1, 0.15) is 13.1 Å². The van der Waals surface area contributed by atoms with Gasteiger partial charge in [-0.1, -0.05) is 77.4 Å². The van der Waals surface area contributed by atoms with Crippen LogP contribution in [0, 0.1) is 0 Å². The molecule has 0 saturated heterocycles. The van der Waals surface area contributed by atoms with E-state index in [1.54, 1.807) is 0 Å². The van der Waals surface area contributed by atoms with Crippen molar-refractivity contribution in [2.45, 2.75) is 110 Å². The number of allylic oxidation sites excluding steroid dienone is 2. The molecule has 0 aliphatic heterocycles. The van der Waals surface area contributed by atoms with Crippen molar-refractivity contribution in [1.82, 2.24) is 0 Å². The number of hydrogen-bond acceptors (Lipinski definition) is 2. The van der Waals surface area contributed by atoms with Gasteiger partial charge in [-0.05, 0) is 44.9 Å². The van der Waals surface area contributed by atoms with Gasteiger partial charge in [0.25, 0.3) is 0 Å². The molecular formula is C25H52NO2+. The summed E-state index contributed by atoms with van der Waals surface area (Å²) in [6.07, 6.45) is 24.6. The molecule has 3 nitrogen and oxygen atoms in total. The number of unbranched alkanes of at least 4 members (excludes halogenated alkanes) is 12. The minimum atomic E-state index is 0.229. The Balaban J connectivity index is 3.56. The van der Waals surface area contributed by atoms with E-state index in [0.717, 1.165) is 37.1 Å². The van der Waals surface area contributed by atoms with Crippen molar-refractivity contribution < 1.29 is 14.7 Å². The van der Waals surface area contributed by atoms with E-state index in [1.807, 2.05) is 0 Å². The van der Waals surface area contributed by atoms with Crippen LogP contribution in [-0.4, -0.2) is 54.1 Å². The predicted octanol–water partition coefficient (Wildman–Crippen LogP) is 6.24. The molecule has 0 aliphatic rings. The van der Waals surface area contributed by atoms with Crippen molar-refractivity contribution >= 4 is 0 Å². The lowest BCUT2D eigenvalue weighted by Gasteiger charge is -2.38. The van der Waals surface area contributed by atoms with Gasteiger partial charge in [-0.15, -0.1) is 0 Å². The molecule has 0 amide bonds. The Hall–Kier alpha value is -0.380. The molecule has 0 atom stereocenters. The summed E-state index contributed by atoms with van der Waals surface area (Å²) in [5.74, 6) is 0. The highest BCUT2D eigenvalue weighted by Gasteiger charge is 2.24. The minimum absolute atomic E-state index is 0.229. The molecule has 0 unspecified atom stereocenters. The average molecular weight is 399 g/mol. The summed E-state index contributed by atoms with van der Waals surface area (Å²) in [5, 5.41) is 18.8. The first-order valence-corrected chi connectivity index (χ1v) is 12.5. The van der Waals surface area contributed by atoms with Gasteiger partial charge in [0, 0.05) is 0 Å². The van der Waals surface area contributed by atoms with Gasteiger partial charge < -0.3 is 14.7 Å². The molecule has 0 rings (SSSR count). The molecule has 0 aromatic carbocycles. The summed E-state index contributed by atoms with van der Waals surface area (Å²) < 4.78 is 0.896. The molecule has 0 heterocycles. The van der Waals surface area contributed by atoms with Gasteiger partial charge in [0.2, 0.25) is 0 Å². The SMILES string of the molecule is CCCCCCCC/C=C\CCCCCCCC[N+](CCC)(CCO)CCO. The van der Waals surface area contributed by atoms with Gasteiger partial charge in [-0.2, -0.15) is 0 Å². The molecular weight excluding hydrogens is 346 g/mol. The molecule has 0 aromatic heterocycles. The first-order chi connectivity index (χ1) is 13.7. The van der Waals surface area contributed by atoms with Crippen molar-refractivity contribution in [2.75, 3.05) is 39.4 Å². The van der Waals surface area contributed by atoms with Gasteiger partial charge in [0.05, 0.1) is 26.3 Å². The van der Waals surface area contributed by atoms with Crippen molar-refractivity contribution in [3.05, 3.63) is 12.2 Å². The van der Waals surface area contributed by atoms with Crippen molar-refractivity contribution in [1.29, 1.82) is 0 Å². The van der Waals surface area contributed by atoms with Crippen molar-refractivity contribution in [3.63, 3.8) is 0 Å². The second-order valence-corrected chi connectivity index (χ2v) is 8.62. The number of aliphatic hydroxyl groups is 2. The highest BCUT2D eigenvalue weighted by Crippen LogP contribution is 2.14. The van der Waals surface area contributed by atoms with E-state index < -0.39 is 0 Å². The predicted molar refractivity (Wildman–Crippen MR) is 124 cm³/mol. The van der Waals surface area contributed by atoms with Crippen LogP contribution in [0.3, 0.4) is 0 Å². The van der Waals surface area contributed by atoms with Gasteiger partial charge in [0.15, 0.2) is 0 Å². The fourth-order valence-electron chi connectivity index (χ4n) is 4.26. The van der Waals surface area contributed by atoms with Gasteiger partial charge >= 0.3 is 0 Å². The van der Waals surface area contributed by atoms with Crippen LogP contribution in [0.25, 0.3) is 0 Å². The smallest absolute Gasteiger partial charge is 0.102 e. The van der Waals surface area contributed by atoms with E-state index in [9.17, 15) is 10.2 Å². The summed E-state index contributed by atoms with van der Waals surface area (Å²) in [5.41, 5.74) is 0. The van der Waals surface area contributed by atoms with E-state index >= 15 is 0 Å². The summed E-state index contributed by atoms with van der Waals surface area (Å²) in [7, 11) is 0. The van der Waals surface area contributed by atoms with Crippen LogP contribution in [0.2, 0.25) is 0 Å². The molecule has 0 spiro atoms. The highest BCUT2D eigenvalue weighted by atomic mass is 16.3. The van der Waals surface area contributed by atoms with Crippen LogP contribution in [0.1, 0.15) is 110 Å². The monoisotopic (exact) mass is 398 g/mol. The Bertz CT molecular complexity index is 313. The van der Waals surface area contributed by atoms with Crippen LogP contribution < -0.4 is 0 Å². The van der Waals surface area contributed by atoms with Gasteiger partial charge in [-0.3, -0.25) is 0 Å². The lowest BCUT2D eigenvalue weighted by Crippen LogP contribution is -2.52. The van der Waals surface area contributed by atoms with E-state index in [2.05, 4.69) is 26.0 Å². The second kappa shape index (κ2) is 21.3. The quantitative estimate of drug-likeness (QED) is 0.129. The second-order valence-electron chi connectivity index (χ2n) is 8.62. The molecule has 0 fully saturated rings. The van der Waals surface area contributed by atoms with Crippen molar-refractivity contribution in [3.8, 4) is 0 Å². The molecule has 0 radical (unpaired) electrons. The van der Waals surface area contributed by atoms with E-state index in [1.165, 1.54) is 89.9 Å². The average Bonchev–Trinajstić information content (AvgIpc) is 2.68. The number of aliphatic hydroxyl groups excluding tert-OH is 2. The normalized spacial score (nSPS) is 12.3. The van der Waals surface area contributed by atoms with Crippen LogP contribution in [0.5, 0.6) is 0 Å². The van der Waals surface area contributed by atoms with E-state index in [-0.39, 0.29) is 13.2 Å². The van der Waals surface area contributed by atoms with Crippen LogP contribution in [0.4, 0.5) is 0 Å². The summed E-state index contributed by atoms with van der Waals surface area (Å²) in [6, 6.07) is 0. The maximum absolute atomic E-state index is 9.39. The maximum Gasteiger partial charge on any atom is 0.102 e. The third-order valence-corrected chi connectivity index (χ3v) is 5.99. The zero-order valence-corrected chi connectivity index (χ0v) is 19.3. The molecule has 0 saturated carbocycles. The largest absolute Gasteiger partial charge is 0.391 e. The molecule has 168 valence electrons.